The quantitative estimate of drug-likeness (QED) is 0.849. The van der Waals surface area contributed by atoms with Crippen LogP contribution < -0.4 is 5.32 Å². The van der Waals surface area contributed by atoms with Gasteiger partial charge in [0.1, 0.15) is 0 Å². The Hall–Kier alpha value is -2.01. The highest BCUT2D eigenvalue weighted by molar-refractivity contribution is 7.80. The predicted octanol–water partition coefficient (Wildman–Crippen LogP) is 2.33. The zero-order chi connectivity index (χ0) is 14.9. The molecular weight excluding hydrogens is 272 g/mol. The van der Waals surface area contributed by atoms with Crippen LogP contribution in [0, 0.1) is 0 Å². The minimum absolute atomic E-state index is 0.0717. The van der Waals surface area contributed by atoms with Gasteiger partial charge in [-0.1, -0.05) is 30.3 Å². The van der Waals surface area contributed by atoms with E-state index in [2.05, 4.69) is 5.32 Å². The Kier molecular flexibility index (Phi) is 3.99. The normalized spacial score (nSPS) is 18.9. The van der Waals surface area contributed by atoms with Gasteiger partial charge in [0.05, 0.1) is 6.04 Å². The van der Waals surface area contributed by atoms with Crippen molar-refractivity contribution in [2.45, 2.75) is 26.8 Å². The van der Waals surface area contributed by atoms with Crippen molar-refractivity contribution in [2.24, 2.45) is 0 Å². The molecule has 0 fully saturated rings. The maximum atomic E-state index is 12.0. The molecule has 1 heterocycles. The number of hydrogen-bond donors (Lipinski definition) is 1. The highest BCUT2D eigenvalue weighted by atomic mass is 32.1. The third-order valence-electron chi connectivity index (χ3n) is 3.28. The zero-order valence-corrected chi connectivity index (χ0v) is 12.5. The zero-order valence-electron chi connectivity index (χ0n) is 11.6. The number of allylic oxidation sites excluding steroid dienone is 1. The lowest BCUT2D eigenvalue weighted by atomic mass is 9.91. The first-order chi connectivity index (χ1) is 9.43. The maximum absolute atomic E-state index is 12.0. The van der Waals surface area contributed by atoms with Crippen molar-refractivity contribution in [3.8, 4) is 0 Å². The molecule has 0 aliphatic carbocycles. The minimum atomic E-state index is -0.458. The Morgan fingerprint density at radius 2 is 1.80 bits per heavy atom. The number of rotatable bonds is 2. The van der Waals surface area contributed by atoms with Gasteiger partial charge in [0, 0.05) is 18.2 Å². The number of benzene rings is 1. The van der Waals surface area contributed by atoms with Gasteiger partial charge in [0.15, 0.2) is 10.9 Å². The summed E-state index contributed by atoms with van der Waals surface area (Å²) in [5.41, 5.74) is 2.14. The topological polar surface area (TPSA) is 49.4 Å². The van der Waals surface area contributed by atoms with E-state index >= 15 is 0 Å². The number of thiocarbonyl (C=S) groups is 1. The Morgan fingerprint density at radius 3 is 2.30 bits per heavy atom. The number of carbonyl (C=O) groups is 2. The van der Waals surface area contributed by atoms with Crippen LogP contribution in [0.25, 0.3) is 0 Å². The average molecular weight is 288 g/mol. The minimum Gasteiger partial charge on any atom is -0.336 e. The Bertz CT molecular complexity index is 608. The van der Waals surface area contributed by atoms with Gasteiger partial charge in [-0.15, -0.1) is 0 Å². The van der Waals surface area contributed by atoms with E-state index in [9.17, 15) is 9.59 Å². The van der Waals surface area contributed by atoms with E-state index in [4.69, 9.17) is 12.2 Å². The summed E-state index contributed by atoms with van der Waals surface area (Å²) in [6, 6.07) is 8.98. The molecule has 1 aliphatic rings. The van der Waals surface area contributed by atoms with Crippen LogP contribution in [-0.4, -0.2) is 21.7 Å². The smallest absolute Gasteiger partial charge is 0.226 e. The van der Waals surface area contributed by atoms with Crippen molar-refractivity contribution in [1.29, 1.82) is 0 Å². The van der Waals surface area contributed by atoms with Crippen molar-refractivity contribution in [3.05, 3.63) is 47.2 Å². The molecule has 1 aromatic carbocycles. The summed E-state index contributed by atoms with van der Waals surface area (Å²) in [5, 5.41) is 3.26. The summed E-state index contributed by atoms with van der Waals surface area (Å²) in [7, 11) is 0. The van der Waals surface area contributed by atoms with Gasteiger partial charge in [-0.2, -0.15) is 0 Å². The molecule has 0 radical (unpaired) electrons. The molecule has 0 bridgehead atoms. The van der Waals surface area contributed by atoms with Gasteiger partial charge in [-0.25, -0.2) is 0 Å². The van der Waals surface area contributed by atoms with Crippen molar-refractivity contribution >= 4 is 29.0 Å². The van der Waals surface area contributed by atoms with E-state index < -0.39 is 6.04 Å². The Balaban J connectivity index is 2.64. The number of Topliss-reactive ketones (excluding diaryl/α,β-unsaturated/α-hetero) is 1. The third-order valence-corrected chi connectivity index (χ3v) is 3.58. The maximum Gasteiger partial charge on any atom is 0.226 e. The summed E-state index contributed by atoms with van der Waals surface area (Å²) in [4.78, 5) is 25.4. The molecule has 0 aromatic heterocycles. The number of amides is 1. The predicted molar refractivity (Wildman–Crippen MR) is 80.8 cm³/mol. The second-order valence-electron chi connectivity index (χ2n) is 4.73. The molecule has 4 nitrogen and oxygen atoms in total. The van der Waals surface area contributed by atoms with E-state index in [-0.39, 0.29) is 11.7 Å². The highest BCUT2D eigenvalue weighted by Gasteiger charge is 2.36. The SMILES string of the molecule is CC(=O)C1=C(C)NC(=S)N(C(C)=O)C1c1ccccc1. The van der Waals surface area contributed by atoms with Crippen LogP contribution in [0.3, 0.4) is 0 Å². The molecule has 2 rings (SSSR count). The lowest BCUT2D eigenvalue weighted by molar-refractivity contribution is -0.126. The summed E-state index contributed by atoms with van der Waals surface area (Å²) in [5.74, 6) is -0.264. The molecule has 0 saturated carbocycles. The van der Waals surface area contributed by atoms with Gasteiger partial charge in [-0.05, 0) is 31.6 Å². The lowest BCUT2D eigenvalue weighted by Gasteiger charge is -2.38. The molecule has 0 spiro atoms. The third kappa shape index (κ3) is 2.49. The van der Waals surface area contributed by atoms with Crippen LogP contribution in [0.5, 0.6) is 0 Å². The molecule has 5 heteroatoms. The van der Waals surface area contributed by atoms with E-state index in [1.807, 2.05) is 30.3 Å². The van der Waals surface area contributed by atoms with Gasteiger partial charge in [-0.3, -0.25) is 14.5 Å². The fourth-order valence-electron chi connectivity index (χ4n) is 2.47. The summed E-state index contributed by atoms with van der Waals surface area (Å²) < 4.78 is 0. The number of hydrogen-bond acceptors (Lipinski definition) is 3. The van der Waals surface area contributed by atoms with E-state index in [0.717, 1.165) is 5.56 Å². The van der Waals surface area contributed by atoms with Gasteiger partial charge in [0.2, 0.25) is 5.91 Å². The molecule has 1 unspecified atom stereocenters. The van der Waals surface area contributed by atoms with Gasteiger partial charge >= 0.3 is 0 Å². The van der Waals surface area contributed by atoms with E-state index in [1.54, 1.807) is 6.92 Å². The lowest BCUT2D eigenvalue weighted by Crippen LogP contribution is -2.50. The fourth-order valence-corrected chi connectivity index (χ4v) is 2.86. The van der Waals surface area contributed by atoms with Crippen LogP contribution in [0.15, 0.2) is 41.6 Å². The molecule has 20 heavy (non-hydrogen) atoms. The van der Waals surface area contributed by atoms with Gasteiger partial charge < -0.3 is 5.32 Å². The van der Waals surface area contributed by atoms with Crippen molar-refractivity contribution in [2.75, 3.05) is 0 Å². The fraction of sp³-hybridized carbons (Fsp3) is 0.267. The van der Waals surface area contributed by atoms with Crippen LogP contribution >= 0.6 is 12.2 Å². The number of carbonyl (C=O) groups excluding carboxylic acids is 2. The first kappa shape index (κ1) is 14.4. The first-order valence-corrected chi connectivity index (χ1v) is 6.71. The molecular formula is C15H16N2O2S. The number of nitrogens with zero attached hydrogens (tertiary/aromatic N) is 1. The second kappa shape index (κ2) is 5.54. The number of nitrogens with one attached hydrogen (secondary N) is 1. The molecule has 1 atom stereocenters. The van der Waals surface area contributed by atoms with Crippen molar-refractivity contribution < 1.29 is 9.59 Å². The van der Waals surface area contributed by atoms with E-state index in [0.29, 0.717) is 16.4 Å². The summed E-state index contributed by atoms with van der Waals surface area (Å²) in [6.07, 6.45) is 0. The molecule has 1 N–H and O–H groups in total. The van der Waals surface area contributed by atoms with E-state index in [1.165, 1.54) is 18.7 Å². The molecule has 104 valence electrons. The summed E-state index contributed by atoms with van der Waals surface area (Å²) >= 11 is 5.25. The molecule has 1 amide bonds. The first-order valence-electron chi connectivity index (χ1n) is 6.31. The molecule has 0 saturated heterocycles. The highest BCUT2D eigenvalue weighted by Crippen LogP contribution is 2.33. The monoisotopic (exact) mass is 288 g/mol. The largest absolute Gasteiger partial charge is 0.336 e. The molecule has 1 aliphatic heterocycles. The average Bonchev–Trinajstić information content (AvgIpc) is 2.37. The van der Waals surface area contributed by atoms with Crippen molar-refractivity contribution in [3.63, 3.8) is 0 Å². The van der Waals surface area contributed by atoms with Crippen LogP contribution in [0.1, 0.15) is 32.4 Å². The van der Waals surface area contributed by atoms with Gasteiger partial charge in [0.25, 0.3) is 0 Å². The van der Waals surface area contributed by atoms with Crippen molar-refractivity contribution in [1.82, 2.24) is 10.2 Å². The van der Waals surface area contributed by atoms with Crippen LogP contribution in [0.4, 0.5) is 0 Å². The Morgan fingerprint density at radius 1 is 1.20 bits per heavy atom. The second-order valence-corrected chi connectivity index (χ2v) is 5.11. The Labute approximate surface area is 123 Å². The standard InChI is InChI=1S/C15H16N2O2S/c1-9-13(10(2)18)14(12-7-5-4-6-8-12)17(11(3)19)15(20)16-9/h4-8,14H,1-3H3,(H,16,20). The number of ketones is 1. The summed E-state index contributed by atoms with van der Waals surface area (Å²) in [6.45, 7) is 4.75. The van der Waals surface area contributed by atoms with Crippen LogP contribution in [0.2, 0.25) is 0 Å². The molecule has 1 aromatic rings. The van der Waals surface area contributed by atoms with Crippen LogP contribution in [-0.2, 0) is 9.59 Å².